The van der Waals surface area contributed by atoms with Gasteiger partial charge in [-0.05, 0) is 67.1 Å². The Morgan fingerprint density at radius 1 is 1.06 bits per heavy atom. The SMILES string of the molecule is CC[C@H](C(=O)NCC(C)C)N(Cc1ccc(OC)cc1)C(=O)COc1cc(C)c(Br)c(C)c1. The molecule has 0 aliphatic rings. The van der Waals surface area contributed by atoms with E-state index in [4.69, 9.17) is 9.47 Å². The average molecular weight is 519 g/mol. The third-order valence-corrected chi connectivity index (χ3v) is 6.61. The highest BCUT2D eigenvalue weighted by molar-refractivity contribution is 9.10. The van der Waals surface area contributed by atoms with Crippen molar-refractivity contribution in [2.75, 3.05) is 20.3 Å². The molecule has 180 valence electrons. The highest BCUT2D eigenvalue weighted by Gasteiger charge is 2.29. The summed E-state index contributed by atoms with van der Waals surface area (Å²) >= 11 is 3.55. The molecule has 0 aromatic heterocycles. The fraction of sp³-hybridized carbons (Fsp3) is 0.462. The molecule has 0 saturated carbocycles. The van der Waals surface area contributed by atoms with Gasteiger partial charge in [0.25, 0.3) is 5.91 Å². The van der Waals surface area contributed by atoms with E-state index in [9.17, 15) is 9.59 Å². The van der Waals surface area contributed by atoms with Crippen LogP contribution in [0.4, 0.5) is 0 Å². The van der Waals surface area contributed by atoms with E-state index in [2.05, 4.69) is 21.2 Å². The van der Waals surface area contributed by atoms with Gasteiger partial charge in [0.15, 0.2) is 6.61 Å². The third kappa shape index (κ3) is 7.77. The van der Waals surface area contributed by atoms with Crippen molar-refractivity contribution in [1.82, 2.24) is 10.2 Å². The smallest absolute Gasteiger partial charge is 0.261 e. The summed E-state index contributed by atoms with van der Waals surface area (Å²) < 4.78 is 12.1. The molecule has 1 atom stereocenters. The first-order chi connectivity index (χ1) is 15.7. The van der Waals surface area contributed by atoms with E-state index in [-0.39, 0.29) is 18.4 Å². The summed E-state index contributed by atoms with van der Waals surface area (Å²) in [5, 5.41) is 2.97. The van der Waals surface area contributed by atoms with E-state index < -0.39 is 6.04 Å². The Morgan fingerprint density at radius 2 is 1.67 bits per heavy atom. The van der Waals surface area contributed by atoms with Crippen LogP contribution in [0.5, 0.6) is 11.5 Å². The maximum Gasteiger partial charge on any atom is 0.261 e. The molecular formula is C26H35BrN2O4. The Balaban J connectivity index is 2.23. The van der Waals surface area contributed by atoms with Gasteiger partial charge in [0, 0.05) is 17.6 Å². The number of methoxy groups -OCH3 is 1. The van der Waals surface area contributed by atoms with Gasteiger partial charge in [-0.3, -0.25) is 9.59 Å². The average Bonchev–Trinajstić information content (AvgIpc) is 2.79. The zero-order valence-corrected chi connectivity index (χ0v) is 22.0. The highest BCUT2D eigenvalue weighted by atomic mass is 79.9. The van der Waals surface area contributed by atoms with Crippen LogP contribution in [0.2, 0.25) is 0 Å². The second-order valence-electron chi connectivity index (χ2n) is 8.59. The Morgan fingerprint density at radius 3 is 2.18 bits per heavy atom. The van der Waals surface area contributed by atoms with Crippen molar-refractivity contribution in [3.8, 4) is 11.5 Å². The van der Waals surface area contributed by atoms with Gasteiger partial charge in [0.2, 0.25) is 5.91 Å². The highest BCUT2D eigenvalue weighted by Crippen LogP contribution is 2.26. The van der Waals surface area contributed by atoms with E-state index in [0.717, 1.165) is 26.9 Å². The molecule has 0 saturated heterocycles. The normalized spacial score (nSPS) is 11.8. The number of hydrogen-bond acceptors (Lipinski definition) is 4. The topological polar surface area (TPSA) is 67.9 Å². The number of benzene rings is 2. The summed E-state index contributed by atoms with van der Waals surface area (Å²) in [4.78, 5) is 27.9. The lowest BCUT2D eigenvalue weighted by atomic mass is 10.1. The molecule has 33 heavy (non-hydrogen) atoms. The number of hydrogen-bond donors (Lipinski definition) is 1. The largest absolute Gasteiger partial charge is 0.497 e. The number of amides is 2. The van der Waals surface area contributed by atoms with Gasteiger partial charge >= 0.3 is 0 Å². The van der Waals surface area contributed by atoms with Gasteiger partial charge in [-0.1, -0.05) is 48.8 Å². The predicted molar refractivity (Wildman–Crippen MR) is 135 cm³/mol. The maximum atomic E-state index is 13.3. The van der Waals surface area contributed by atoms with Crippen LogP contribution in [0.15, 0.2) is 40.9 Å². The van der Waals surface area contributed by atoms with Crippen molar-refractivity contribution in [3.63, 3.8) is 0 Å². The van der Waals surface area contributed by atoms with E-state index in [0.29, 0.717) is 31.2 Å². The summed E-state index contributed by atoms with van der Waals surface area (Å²) in [6, 6.07) is 10.7. The first kappa shape index (κ1) is 26.7. The van der Waals surface area contributed by atoms with Crippen LogP contribution >= 0.6 is 15.9 Å². The number of carbonyl (C=O) groups is 2. The van der Waals surface area contributed by atoms with Crippen LogP contribution in [-0.2, 0) is 16.1 Å². The van der Waals surface area contributed by atoms with Gasteiger partial charge < -0.3 is 19.7 Å². The van der Waals surface area contributed by atoms with Crippen molar-refractivity contribution in [3.05, 3.63) is 57.6 Å². The van der Waals surface area contributed by atoms with Crippen LogP contribution in [0.1, 0.15) is 43.9 Å². The number of carbonyl (C=O) groups excluding carboxylic acids is 2. The lowest BCUT2D eigenvalue weighted by Crippen LogP contribution is -2.50. The molecule has 2 rings (SSSR count). The van der Waals surface area contributed by atoms with Crippen molar-refractivity contribution in [2.45, 2.75) is 53.6 Å². The molecule has 2 aromatic carbocycles. The summed E-state index contributed by atoms with van der Waals surface area (Å²) in [6.45, 7) is 10.7. The van der Waals surface area contributed by atoms with Crippen LogP contribution in [0.3, 0.4) is 0 Å². The Kier molecular flexibility index (Phi) is 10.2. The van der Waals surface area contributed by atoms with Crippen molar-refractivity contribution in [1.29, 1.82) is 0 Å². The summed E-state index contributed by atoms with van der Waals surface area (Å²) in [6.07, 6.45) is 0.502. The fourth-order valence-electron chi connectivity index (χ4n) is 3.49. The minimum absolute atomic E-state index is 0.148. The molecule has 0 radical (unpaired) electrons. The Bertz CT molecular complexity index is 921. The molecule has 0 bridgehead atoms. The minimum Gasteiger partial charge on any atom is -0.497 e. The summed E-state index contributed by atoms with van der Waals surface area (Å²) in [7, 11) is 1.61. The molecule has 0 spiro atoms. The minimum atomic E-state index is -0.588. The lowest BCUT2D eigenvalue weighted by Gasteiger charge is -2.31. The third-order valence-electron chi connectivity index (χ3n) is 5.35. The van der Waals surface area contributed by atoms with Crippen LogP contribution in [0.25, 0.3) is 0 Å². The fourth-order valence-corrected chi connectivity index (χ4v) is 3.72. The van der Waals surface area contributed by atoms with Crippen LogP contribution in [-0.4, -0.2) is 43.0 Å². The molecule has 1 N–H and O–H groups in total. The first-order valence-corrected chi connectivity index (χ1v) is 12.0. The first-order valence-electron chi connectivity index (χ1n) is 11.3. The lowest BCUT2D eigenvalue weighted by molar-refractivity contribution is -0.143. The Hall–Kier alpha value is -2.54. The van der Waals surface area contributed by atoms with Crippen molar-refractivity contribution >= 4 is 27.7 Å². The number of nitrogens with zero attached hydrogens (tertiary/aromatic N) is 1. The molecule has 7 heteroatoms. The molecule has 2 amide bonds. The zero-order chi connectivity index (χ0) is 24.5. The van der Waals surface area contributed by atoms with Crippen LogP contribution < -0.4 is 14.8 Å². The maximum absolute atomic E-state index is 13.3. The number of aryl methyl sites for hydroxylation is 2. The van der Waals surface area contributed by atoms with Gasteiger partial charge in [-0.15, -0.1) is 0 Å². The summed E-state index contributed by atoms with van der Waals surface area (Å²) in [5.41, 5.74) is 2.98. The number of nitrogens with one attached hydrogen (secondary N) is 1. The van der Waals surface area contributed by atoms with E-state index in [1.165, 1.54) is 0 Å². The number of halogens is 1. The van der Waals surface area contributed by atoms with Gasteiger partial charge in [0.1, 0.15) is 17.5 Å². The molecule has 0 aliphatic carbocycles. The second kappa shape index (κ2) is 12.6. The van der Waals surface area contributed by atoms with Crippen LogP contribution in [0, 0.1) is 19.8 Å². The molecule has 0 heterocycles. The molecule has 0 aliphatic heterocycles. The van der Waals surface area contributed by atoms with Gasteiger partial charge in [-0.25, -0.2) is 0 Å². The predicted octanol–water partition coefficient (Wildman–Crippen LogP) is 5.03. The van der Waals surface area contributed by atoms with Crippen molar-refractivity contribution in [2.24, 2.45) is 5.92 Å². The molecule has 0 unspecified atom stereocenters. The van der Waals surface area contributed by atoms with E-state index in [1.54, 1.807) is 12.0 Å². The molecular weight excluding hydrogens is 484 g/mol. The van der Waals surface area contributed by atoms with E-state index >= 15 is 0 Å². The quantitative estimate of drug-likeness (QED) is 0.452. The summed E-state index contributed by atoms with van der Waals surface area (Å²) in [5.74, 6) is 1.30. The molecule has 2 aromatic rings. The Labute approximate surface area is 205 Å². The monoisotopic (exact) mass is 518 g/mol. The van der Waals surface area contributed by atoms with Crippen molar-refractivity contribution < 1.29 is 19.1 Å². The molecule has 6 nitrogen and oxygen atoms in total. The van der Waals surface area contributed by atoms with Gasteiger partial charge in [0.05, 0.1) is 7.11 Å². The van der Waals surface area contributed by atoms with E-state index in [1.807, 2.05) is 71.0 Å². The number of rotatable bonds is 11. The molecule has 0 fully saturated rings. The number of ether oxygens (including phenoxy) is 2. The second-order valence-corrected chi connectivity index (χ2v) is 9.39. The zero-order valence-electron chi connectivity index (χ0n) is 20.4. The standard InChI is InChI=1S/C26H35BrN2O4/c1-7-23(26(31)28-14-17(2)3)29(15-20-8-10-21(32-6)11-9-20)24(30)16-33-22-12-18(4)25(27)19(5)13-22/h8-13,17,23H,7,14-16H2,1-6H3,(H,28,31)/t23-/m1/s1. The van der Waals surface area contributed by atoms with Gasteiger partial charge in [-0.2, -0.15) is 0 Å².